The molecule has 1 atom stereocenters. The van der Waals surface area contributed by atoms with Crippen molar-refractivity contribution in [2.24, 2.45) is 11.7 Å². The van der Waals surface area contributed by atoms with Gasteiger partial charge in [-0.2, -0.15) is 0 Å². The van der Waals surface area contributed by atoms with Crippen LogP contribution in [0.4, 0.5) is 0 Å². The molecule has 0 aliphatic heterocycles. The van der Waals surface area contributed by atoms with Gasteiger partial charge in [0.1, 0.15) is 0 Å². The van der Waals surface area contributed by atoms with Crippen molar-refractivity contribution >= 4 is 5.91 Å². The van der Waals surface area contributed by atoms with E-state index in [2.05, 4.69) is 5.32 Å². The molecule has 118 valence electrons. The molecular formula is C16H26N2O3. The molecule has 0 aliphatic rings. The number of aromatic hydroxyl groups is 1. The van der Waals surface area contributed by atoms with Gasteiger partial charge in [-0.25, -0.2) is 0 Å². The third-order valence-electron chi connectivity index (χ3n) is 2.96. The average Bonchev–Trinajstić information content (AvgIpc) is 2.37. The van der Waals surface area contributed by atoms with E-state index in [0.717, 1.165) is 5.56 Å². The Labute approximate surface area is 126 Å². The molecule has 0 bridgehead atoms. The Hall–Kier alpha value is -1.75. The molecule has 0 aromatic heterocycles. The summed E-state index contributed by atoms with van der Waals surface area (Å²) in [7, 11) is 0. The van der Waals surface area contributed by atoms with Crippen molar-refractivity contribution in [1.82, 2.24) is 5.32 Å². The van der Waals surface area contributed by atoms with Gasteiger partial charge in [0.2, 0.25) is 5.91 Å². The van der Waals surface area contributed by atoms with Crippen molar-refractivity contribution in [3.05, 3.63) is 23.8 Å². The summed E-state index contributed by atoms with van der Waals surface area (Å²) in [5, 5.41) is 12.6. The first kappa shape index (κ1) is 17.3. The number of benzene rings is 1. The predicted molar refractivity (Wildman–Crippen MR) is 83.4 cm³/mol. The summed E-state index contributed by atoms with van der Waals surface area (Å²) in [5.41, 5.74) is 6.36. The number of carbonyl (C=O) groups is 1. The van der Waals surface area contributed by atoms with Crippen molar-refractivity contribution in [3.63, 3.8) is 0 Å². The van der Waals surface area contributed by atoms with Gasteiger partial charge in [-0.3, -0.25) is 4.79 Å². The monoisotopic (exact) mass is 294 g/mol. The zero-order chi connectivity index (χ0) is 16.0. The molecule has 1 aromatic rings. The van der Waals surface area contributed by atoms with Crippen LogP contribution in [0.25, 0.3) is 0 Å². The molecule has 5 heteroatoms. The number of nitrogens with two attached hydrogens (primary N) is 1. The SMILES string of the molecule is CCOc1cc(CC(CN)C(=O)NC(C)(C)C)ccc1O. The lowest BCUT2D eigenvalue weighted by molar-refractivity contribution is -0.126. The van der Waals surface area contributed by atoms with E-state index in [1.807, 2.05) is 27.7 Å². The molecule has 1 amide bonds. The van der Waals surface area contributed by atoms with Gasteiger partial charge in [-0.05, 0) is 51.8 Å². The highest BCUT2D eigenvalue weighted by Crippen LogP contribution is 2.27. The number of rotatable bonds is 6. The van der Waals surface area contributed by atoms with E-state index in [4.69, 9.17) is 10.5 Å². The minimum absolute atomic E-state index is 0.0592. The van der Waals surface area contributed by atoms with Crippen LogP contribution in [0.3, 0.4) is 0 Å². The smallest absolute Gasteiger partial charge is 0.225 e. The van der Waals surface area contributed by atoms with Gasteiger partial charge in [-0.15, -0.1) is 0 Å². The fourth-order valence-corrected chi connectivity index (χ4v) is 2.00. The Morgan fingerprint density at radius 1 is 1.43 bits per heavy atom. The van der Waals surface area contributed by atoms with Crippen molar-refractivity contribution in [3.8, 4) is 11.5 Å². The first-order valence-corrected chi connectivity index (χ1v) is 7.23. The number of carbonyl (C=O) groups excluding carboxylic acids is 1. The maximum Gasteiger partial charge on any atom is 0.225 e. The minimum Gasteiger partial charge on any atom is -0.504 e. The Morgan fingerprint density at radius 3 is 2.62 bits per heavy atom. The maximum absolute atomic E-state index is 12.2. The standard InChI is InChI=1S/C16H26N2O3/c1-5-21-14-9-11(6-7-13(14)19)8-12(10-17)15(20)18-16(2,3)4/h6-7,9,12,19H,5,8,10,17H2,1-4H3,(H,18,20). The molecule has 4 N–H and O–H groups in total. The van der Waals surface area contributed by atoms with Crippen molar-refractivity contribution in [2.75, 3.05) is 13.2 Å². The molecule has 0 aliphatic carbocycles. The third-order valence-corrected chi connectivity index (χ3v) is 2.96. The summed E-state index contributed by atoms with van der Waals surface area (Å²) >= 11 is 0. The van der Waals surface area contributed by atoms with Crippen LogP contribution in [0.15, 0.2) is 18.2 Å². The van der Waals surface area contributed by atoms with Gasteiger partial charge in [0, 0.05) is 12.1 Å². The number of hydrogen-bond donors (Lipinski definition) is 3. The van der Waals surface area contributed by atoms with Crippen molar-refractivity contribution < 1.29 is 14.6 Å². The molecule has 0 radical (unpaired) electrons. The minimum atomic E-state index is -0.303. The molecule has 21 heavy (non-hydrogen) atoms. The summed E-state index contributed by atoms with van der Waals surface area (Å²) < 4.78 is 5.35. The van der Waals surface area contributed by atoms with Crippen LogP contribution >= 0.6 is 0 Å². The molecule has 5 nitrogen and oxygen atoms in total. The second-order valence-corrected chi connectivity index (χ2v) is 6.11. The van der Waals surface area contributed by atoms with Crippen LogP contribution in [0.2, 0.25) is 0 Å². The zero-order valence-electron chi connectivity index (χ0n) is 13.3. The van der Waals surface area contributed by atoms with Crippen molar-refractivity contribution in [1.29, 1.82) is 0 Å². The second-order valence-electron chi connectivity index (χ2n) is 6.11. The molecule has 0 heterocycles. The molecule has 0 saturated heterocycles. The second kappa shape index (κ2) is 7.31. The summed E-state index contributed by atoms with van der Waals surface area (Å²) in [5.74, 6) is 0.172. The molecule has 0 saturated carbocycles. The normalized spacial score (nSPS) is 12.8. The van der Waals surface area contributed by atoms with Crippen LogP contribution in [0.5, 0.6) is 11.5 Å². The van der Waals surface area contributed by atoms with E-state index < -0.39 is 0 Å². The molecule has 0 spiro atoms. The highest BCUT2D eigenvalue weighted by atomic mass is 16.5. The quantitative estimate of drug-likeness (QED) is 0.747. The summed E-state index contributed by atoms with van der Waals surface area (Å²) in [6.07, 6.45) is 0.513. The Kier molecular flexibility index (Phi) is 6.03. The van der Waals surface area contributed by atoms with Crippen LogP contribution in [-0.4, -0.2) is 29.7 Å². The number of ether oxygens (including phenoxy) is 1. The van der Waals surface area contributed by atoms with Crippen LogP contribution in [0.1, 0.15) is 33.3 Å². The van der Waals surface area contributed by atoms with Gasteiger partial charge in [-0.1, -0.05) is 6.07 Å². The number of phenolic OH excluding ortho intramolecular Hbond substituents is 1. The van der Waals surface area contributed by atoms with Gasteiger partial charge in [0.25, 0.3) is 0 Å². The summed E-state index contributed by atoms with van der Waals surface area (Å²) in [6, 6.07) is 5.12. The van der Waals surface area contributed by atoms with Crippen LogP contribution < -0.4 is 15.8 Å². The van der Waals surface area contributed by atoms with E-state index in [0.29, 0.717) is 18.8 Å². The average molecular weight is 294 g/mol. The topological polar surface area (TPSA) is 84.6 Å². The Balaban J connectivity index is 2.82. The van der Waals surface area contributed by atoms with Gasteiger partial charge in [0.05, 0.1) is 12.5 Å². The van der Waals surface area contributed by atoms with E-state index in [1.54, 1.807) is 18.2 Å². The summed E-state index contributed by atoms with van der Waals surface area (Å²) in [6.45, 7) is 8.41. The first-order chi connectivity index (χ1) is 9.76. The predicted octanol–water partition coefficient (Wildman–Crippen LogP) is 1.82. The lowest BCUT2D eigenvalue weighted by Gasteiger charge is -2.24. The van der Waals surface area contributed by atoms with Crippen molar-refractivity contribution in [2.45, 2.75) is 39.7 Å². The zero-order valence-corrected chi connectivity index (χ0v) is 13.3. The molecule has 0 fully saturated rings. The Bertz CT molecular complexity index is 481. The van der Waals surface area contributed by atoms with Gasteiger partial charge in [0.15, 0.2) is 11.5 Å². The Morgan fingerprint density at radius 2 is 2.10 bits per heavy atom. The fourth-order valence-electron chi connectivity index (χ4n) is 2.00. The summed E-state index contributed by atoms with van der Waals surface area (Å²) in [4.78, 5) is 12.2. The molecule has 1 unspecified atom stereocenters. The van der Waals surface area contributed by atoms with Crippen LogP contribution in [0, 0.1) is 5.92 Å². The van der Waals surface area contributed by atoms with E-state index in [-0.39, 0.29) is 29.7 Å². The fraction of sp³-hybridized carbons (Fsp3) is 0.562. The lowest BCUT2D eigenvalue weighted by atomic mass is 9.96. The van der Waals surface area contributed by atoms with Gasteiger partial charge >= 0.3 is 0 Å². The number of amides is 1. The molecular weight excluding hydrogens is 268 g/mol. The highest BCUT2D eigenvalue weighted by Gasteiger charge is 2.22. The maximum atomic E-state index is 12.2. The number of hydrogen-bond acceptors (Lipinski definition) is 4. The third kappa shape index (κ3) is 5.63. The molecule has 1 aromatic carbocycles. The van der Waals surface area contributed by atoms with E-state index in [1.165, 1.54) is 0 Å². The highest BCUT2D eigenvalue weighted by molar-refractivity contribution is 5.79. The number of phenols is 1. The number of nitrogens with one attached hydrogen (secondary N) is 1. The van der Waals surface area contributed by atoms with E-state index in [9.17, 15) is 9.90 Å². The molecule has 1 rings (SSSR count). The first-order valence-electron chi connectivity index (χ1n) is 7.23. The van der Waals surface area contributed by atoms with Gasteiger partial charge < -0.3 is 20.9 Å². The largest absolute Gasteiger partial charge is 0.504 e. The van der Waals surface area contributed by atoms with E-state index >= 15 is 0 Å². The van der Waals surface area contributed by atoms with Crippen LogP contribution in [-0.2, 0) is 11.2 Å². The lowest BCUT2D eigenvalue weighted by Crippen LogP contribution is -2.46.